The van der Waals surface area contributed by atoms with E-state index in [0.717, 1.165) is 25.0 Å². The molecule has 0 amide bonds. The van der Waals surface area contributed by atoms with Gasteiger partial charge in [-0.2, -0.15) is 0 Å². The molecule has 20 heavy (non-hydrogen) atoms. The van der Waals surface area contributed by atoms with Crippen molar-refractivity contribution in [2.24, 2.45) is 10.9 Å². The van der Waals surface area contributed by atoms with Gasteiger partial charge in [-0.25, -0.2) is 0 Å². The first kappa shape index (κ1) is 19.7. The zero-order chi connectivity index (χ0) is 13.9. The summed E-state index contributed by atoms with van der Waals surface area (Å²) in [7, 11) is 1.80. The topological polar surface area (TPSA) is 39.7 Å². The average Bonchev–Trinajstić information content (AvgIpc) is 2.44. The van der Waals surface area contributed by atoms with Gasteiger partial charge in [0.05, 0.1) is 0 Å². The molecule has 0 spiro atoms. The number of nitrogens with one attached hydrogen (secondary N) is 2. The highest BCUT2D eigenvalue weighted by atomic mass is 127. The maximum absolute atomic E-state index is 4.16. The highest BCUT2D eigenvalue weighted by Gasteiger charge is 2.14. The van der Waals surface area contributed by atoms with Crippen LogP contribution in [-0.4, -0.2) is 50.6 Å². The molecule has 1 aliphatic rings. The van der Waals surface area contributed by atoms with Gasteiger partial charge in [-0.15, -0.1) is 30.6 Å². The molecule has 2 N–H and O–H groups in total. The van der Waals surface area contributed by atoms with Crippen LogP contribution in [0.4, 0.5) is 0 Å². The lowest BCUT2D eigenvalue weighted by Gasteiger charge is -2.30. The van der Waals surface area contributed by atoms with Gasteiger partial charge in [0.25, 0.3) is 0 Å². The number of hydrogen-bond donors (Lipinski definition) is 2. The SMILES string of the molecule is C=CCNC(=NC)NCCCCN1CCC(C)CC1.I. The van der Waals surface area contributed by atoms with Crippen molar-refractivity contribution in [3.05, 3.63) is 12.7 Å². The second-order valence-electron chi connectivity index (χ2n) is 5.40. The van der Waals surface area contributed by atoms with E-state index in [2.05, 4.69) is 34.0 Å². The highest BCUT2D eigenvalue weighted by Crippen LogP contribution is 2.15. The fraction of sp³-hybridized carbons (Fsp3) is 0.800. The molecule has 0 unspecified atom stereocenters. The van der Waals surface area contributed by atoms with E-state index >= 15 is 0 Å². The summed E-state index contributed by atoms with van der Waals surface area (Å²) >= 11 is 0. The number of unbranched alkanes of at least 4 members (excludes halogenated alkanes) is 1. The minimum atomic E-state index is 0. The largest absolute Gasteiger partial charge is 0.356 e. The van der Waals surface area contributed by atoms with Crippen molar-refractivity contribution in [1.29, 1.82) is 0 Å². The molecule has 4 nitrogen and oxygen atoms in total. The van der Waals surface area contributed by atoms with Gasteiger partial charge in [0.2, 0.25) is 0 Å². The maximum atomic E-state index is 4.16. The smallest absolute Gasteiger partial charge is 0.191 e. The van der Waals surface area contributed by atoms with Crippen molar-refractivity contribution in [3.8, 4) is 0 Å². The number of guanidine groups is 1. The van der Waals surface area contributed by atoms with Gasteiger partial charge >= 0.3 is 0 Å². The second kappa shape index (κ2) is 12.4. The van der Waals surface area contributed by atoms with Crippen LogP contribution >= 0.6 is 24.0 Å². The van der Waals surface area contributed by atoms with Crippen molar-refractivity contribution >= 4 is 29.9 Å². The van der Waals surface area contributed by atoms with E-state index in [1.807, 2.05) is 6.08 Å². The fourth-order valence-electron chi connectivity index (χ4n) is 2.34. The Morgan fingerprint density at radius 2 is 2.00 bits per heavy atom. The predicted octanol–water partition coefficient (Wildman–Crippen LogP) is 2.47. The van der Waals surface area contributed by atoms with Crippen molar-refractivity contribution < 1.29 is 0 Å². The summed E-state index contributed by atoms with van der Waals surface area (Å²) in [5.41, 5.74) is 0. The van der Waals surface area contributed by atoms with E-state index in [9.17, 15) is 0 Å². The van der Waals surface area contributed by atoms with E-state index in [4.69, 9.17) is 0 Å². The van der Waals surface area contributed by atoms with Crippen LogP contribution in [0.1, 0.15) is 32.6 Å². The standard InChI is InChI=1S/C15H30N4.HI/c1-4-9-17-15(16-3)18-10-5-6-11-19-12-7-14(2)8-13-19;/h4,14H,1,5-13H2,2-3H3,(H2,16,17,18);1H. The Labute approximate surface area is 141 Å². The molecular weight excluding hydrogens is 363 g/mol. The van der Waals surface area contributed by atoms with Gasteiger partial charge in [-0.05, 0) is 51.2 Å². The zero-order valence-corrected chi connectivity index (χ0v) is 15.4. The fourth-order valence-corrected chi connectivity index (χ4v) is 2.34. The minimum absolute atomic E-state index is 0. The Morgan fingerprint density at radius 1 is 1.30 bits per heavy atom. The van der Waals surface area contributed by atoms with Crippen LogP contribution in [0.15, 0.2) is 17.6 Å². The molecule has 1 fully saturated rings. The van der Waals surface area contributed by atoms with Crippen molar-refractivity contribution in [2.75, 3.05) is 39.8 Å². The molecule has 0 aromatic heterocycles. The third-order valence-electron chi connectivity index (χ3n) is 3.71. The van der Waals surface area contributed by atoms with E-state index in [-0.39, 0.29) is 24.0 Å². The molecule has 1 aliphatic heterocycles. The molecule has 0 saturated carbocycles. The average molecular weight is 394 g/mol. The number of nitrogens with zero attached hydrogens (tertiary/aromatic N) is 2. The number of halogens is 1. The highest BCUT2D eigenvalue weighted by molar-refractivity contribution is 14.0. The number of aliphatic imine (C=N–C) groups is 1. The first-order valence-electron chi connectivity index (χ1n) is 7.54. The summed E-state index contributed by atoms with van der Waals surface area (Å²) < 4.78 is 0. The Morgan fingerprint density at radius 3 is 2.60 bits per heavy atom. The monoisotopic (exact) mass is 394 g/mol. The molecule has 0 aromatic rings. The normalized spacial score (nSPS) is 17.4. The lowest BCUT2D eigenvalue weighted by molar-refractivity contribution is 0.189. The summed E-state index contributed by atoms with van der Waals surface area (Å²) in [6.07, 6.45) is 7.04. The van der Waals surface area contributed by atoms with Crippen LogP contribution in [-0.2, 0) is 0 Å². The second-order valence-corrected chi connectivity index (χ2v) is 5.40. The van der Waals surface area contributed by atoms with Crippen LogP contribution in [0.3, 0.4) is 0 Å². The minimum Gasteiger partial charge on any atom is -0.356 e. The Balaban J connectivity index is 0.00000361. The lowest BCUT2D eigenvalue weighted by atomic mass is 9.99. The van der Waals surface area contributed by atoms with E-state index in [1.54, 1.807) is 7.05 Å². The van der Waals surface area contributed by atoms with Crippen LogP contribution in [0, 0.1) is 5.92 Å². The van der Waals surface area contributed by atoms with Crippen molar-refractivity contribution in [1.82, 2.24) is 15.5 Å². The van der Waals surface area contributed by atoms with Crippen molar-refractivity contribution in [3.63, 3.8) is 0 Å². The third-order valence-corrected chi connectivity index (χ3v) is 3.71. The molecular formula is C15H31IN4. The molecule has 1 heterocycles. The van der Waals surface area contributed by atoms with E-state index < -0.39 is 0 Å². The molecule has 0 aliphatic carbocycles. The summed E-state index contributed by atoms with van der Waals surface area (Å²) in [6.45, 7) is 11.6. The molecule has 1 rings (SSSR count). The van der Waals surface area contributed by atoms with Gasteiger partial charge in [0.15, 0.2) is 5.96 Å². The number of piperidine rings is 1. The molecule has 118 valence electrons. The number of likely N-dealkylation sites (tertiary alicyclic amines) is 1. The Kier molecular flexibility index (Phi) is 12.3. The van der Waals surface area contributed by atoms with E-state index in [0.29, 0.717) is 0 Å². The lowest BCUT2D eigenvalue weighted by Crippen LogP contribution is -2.38. The summed E-state index contributed by atoms with van der Waals surface area (Å²) in [4.78, 5) is 6.76. The van der Waals surface area contributed by atoms with Crippen LogP contribution in [0.25, 0.3) is 0 Å². The molecule has 0 aromatic carbocycles. The zero-order valence-electron chi connectivity index (χ0n) is 13.0. The van der Waals surface area contributed by atoms with E-state index in [1.165, 1.54) is 45.3 Å². The molecule has 0 bridgehead atoms. The van der Waals surface area contributed by atoms with Crippen LogP contribution in [0.5, 0.6) is 0 Å². The number of hydrogen-bond acceptors (Lipinski definition) is 2. The predicted molar refractivity (Wildman–Crippen MR) is 99.0 cm³/mol. The molecule has 1 saturated heterocycles. The quantitative estimate of drug-likeness (QED) is 0.229. The van der Waals surface area contributed by atoms with Crippen LogP contribution < -0.4 is 10.6 Å². The van der Waals surface area contributed by atoms with Gasteiger partial charge in [0.1, 0.15) is 0 Å². The number of rotatable bonds is 7. The Hall–Kier alpha value is -0.300. The van der Waals surface area contributed by atoms with Gasteiger partial charge in [0, 0.05) is 20.1 Å². The summed E-state index contributed by atoms with van der Waals surface area (Å²) in [5, 5.41) is 6.50. The Bertz CT molecular complexity index is 273. The molecule has 0 atom stereocenters. The van der Waals surface area contributed by atoms with Crippen LogP contribution in [0.2, 0.25) is 0 Å². The van der Waals surface area contributed by atoms with Gasteiger partial charge in [-0.1, -0.05) is 13.0 Å². The summed E-state index contributed by atoms with van der Waals surface area (Å²) in [5.74, 6) is 1.80. The molecule has 0 radical (unpaired) electrons. The van der Waals surface area contributed by atoms with Gasteiger partial charge < -0.3 is 15.5 Å². The van der Waals surface area contributed by atoms with Crippen molar-refractivity contribution in [2.45, 2.75) is 32.6 Å². The maximum Gasteiger partial charge on any atom is 0.191 e. The molecule has 5 heteroatoms. The first-order valence-corrected chi connectivity index (χ1v) is 7.54. The van der Waals surface area contributed by atoms with Gasteiger partial charge in [-0.3, -0.25) is 4.99 Å². The third kappa shape index (κ3) is 8.79. The summed E-state index contributed by atoms with van der Waals surface area (Å²) in [6, 6.07) is 0. The first-order chi connectivity index (χ1) is 9.26.